The fraction of sp³-hybridized carbons (Fsp3) is 0.333. The van der Waals surface area contributed by atoms with Crippen LogP contribution in [0.25, 0.3) is 0 Å². The van der Waals surface area contributed by atoms with Crippen molar-refractivity contribution in [3.63, 3.8) is 0 Å². The minimum absolute atomic E-state index is 0.133. The maximum Gasteiger partial charge on any atom is 0.242 e. The molecule has 144 valence electrons. The third kappa shape index (κ3) is 6.26. The summed E-state index contributed by atoms with van der Waals surface area (Å²) in [4.78, 5) is 27.0. The van der Waals surface area contributed by atoms with Gasteiger partial charge < -0.3 is 10.2 Å². The van der Waals surface area contributed by atoms with E-state index in [1.165, 1.54) is 0 Å². The van der Waals surface area contributed by atoms with Gasteiger partial charge in [-0.3, -0.25) is 9.59 Å². The highest BCUT2D eigenvalue weighted by Crippen LogP contribution is 2.23. The molecule has 1 N–H and O–H groups in total. The molecule has 0 aliphatic carbocycles. The molecule has 0 unspecified atom stereocenters. The van der Waals surface area contributed by atoms with Gasteiger partial charge in [-0.05, 0) is 36.6 Å². The van der Waals surface area contributed by atoms with Crippen molar-refractivity contribution in [2.24, 2.45) is 0 Å². The molecule has 0 saturated carbocycles. The Kier molecular flexibility index (Phi) is 8.14. The summed E-state index contributed by atoms with van der Waals surface area (Å²) in [5, 5.41) is 3.85. The summed E-state index contributed by atoms with van der Waals surface area (Å²) in [6, 6.07) is 14.0. The van der Waals surface area contributed by atoms with Crippen molar-refractivity contribution < 1.29 is 9.59 Å². The second-order valence-corrected chi connectivity index (χ2v) is 7.23. The second kappa shape index (κ2) is 10.3. The number of hydrogen-bond donors (Lipinski definition) is 1. The zero-order valence-corrected chi connectivity index (χ0v) is 17.1. The van der Waals surface area contributed by atoms with Gasteiger partial charge in [-0.15, -0.1) is 0 Å². The molecule has 2 amide bonds. The molecule has 1 atom stereocenters. The van der Waals surface area contributed by atoms with Crippen molar-refractivity contribution in [2.45, 2.75) is 39.3 Å². The van der Waals surface area contributed by atoms with Crippen molar-refractivity contribution in [3.8, 4) is 0 Å². The van der Waals surface area contributed by atoms with Crippen LogP contribution in [0.3, 0.4) is 0 Å². The van der Waals surface area contributed by atoms with Gasteiger partial charge in [0, 0.05) is 23.1 Å². The van der Waals surface area contributed by atoms with Gasteiger partial charge in [0.25, 0.3) is 0 Å². The summed E-state index contributed by atoms with van der Waals surface area (Å²) in [7, 11) is 0. The second-order valence-electron chi connectivity index (χ2n) is 6.39. The van der Waals surface area contributed by atoms with Gasteiger partial charge in [0.15, 0.2) is 0 Å². The van der Waals surface area contributed by atoms with E-state index in [0.717, 1.165) is 17.5 Å². The quantitative estimate of drug-likeness (QED) is 0.702. The average Bonchev–Trinajstić information content (AvgIpc) is 2.65. The number of nitrogens with one attached hydrogen (secondary N) is 1. The van der Waals surface area contributed by atoms with Crippen molar-refractivity contribution in [1.82, 2.24) is 10.2 Å². The lowest BCUT2D eigenvalue weighted by Gasteiger charge is -2.29. The molecule has 2 aromatic carbocycles. The monoisotopic (exact) mass is 406 g/mol. The molecular formula is C21H24Cl2N2O2. The Bertz CT molecular complexity index is 781. The maximum atomic E-state index is 13.0. The van der Waals surface area contributed by atoms with Gasteiger partial charge in [-0.25, -0.2) is 0 Å². The Morgan fingerprint density at radius 3 is 2.44 bits per heavy atom. The van der Waals surface area contributed by atoms with Crippen LogP contribution in [0, 0.1) is 0 Å². The first-order chi connectivity index (χ1) is 12.9. The Balaban J connectivity index is 2.23. The number of carbonyl (C=O) groups excluding carboxylic acids is 2. The number of benzene rings is 2. The highest BCUT2D eigenvalue weighted by Gasteiger charge is 2.26. The standard InChI is InChI=1S/C21H24Cl2N2O2/c1-3-11-24-21(27)15(2)25(14-17-9-10-18(22)13-19(17)23)20(26)12-16-7-5-4-6-8-16/h4-10,13,15H,3,11-12,14H2,1-2H3,(H,24,27)/t15-/m0/s1. The Morgan fingerprint density at radius 2 is 1.81 bits per heavy atom. The van der Waals surface area contributed by atoms with Crippen LogP contribution < -0.4 is 5.32 Å². The minimum Gasteiger partial charge on any atom is -0.354 e. The number of nitrogens with zero attached hydrogens (tertiary/aromatic N) is 1. The fourth-order valence-electron chi connectivity index (χ4n) is 2.68. The molecular weight excluding hydrogens is 383 g/mol. The van der Waals surface area contributed by atoms with Crippen LogP contribution in [0.15, 0.2) is 48.5 Å². The average molecular weight is 407 g/mol. The lowest BCUT2D eigenvalue weighted by Crippen LogP contribution is -2.48. The first kappa shape index (κ1) is 21.3. The van der Waals surface area contributed by atoms with E-state index >= 15 is 0 Å². The summed E-state index contributed by atoms with van der Waals surface area (Å²) < 4.78 is 0. The van der Waals surface area contributed by atoms with E-state index in [4.69, 9.17) is 23.2 Å². The highest BCUT2D eigenvalue weighted by molar-refractivity contribution is 6.35. The fourth-order valence-corrected chi connectivity index (χ4v) is 3.15. The molecule has 27 heavy (non-hydrogen) atoms. The lowest BCUT2D eigenvalue weighted by atomic mass is 10.1. The molecule has 4 nitrogen and oxygen atoms in total. The van der Waals surface area contributed by atoms with E-state index in [2.05, 4.69) is 5.32 Å². The molecule has 0 aromatic heterocycles. The zero-order chi connectivity index (χ0) is 19.8. The molecule has 0 aliphatic rings. The van der Waals surface area contributed by atoms with Crippen LogP contribution in [0.2, 0.25) is 10.0 Å². The predicted octanol–water partition coefficient (Wildman–Crippen LogP) is 4.48. The first-order valence-electron chi connectivity index (χ1n) is 8.97. The lowest BCUT2D eigenvalue weighted by molar-refractivity contribution is -0.140. The summed E-state index contributed by atoms with van der Waals surface area (Å²) >= 11 is 12.2. The maximum absolute atomic E-state index is 13.0. The van der Waals surface area contributed by atoms with E-state index < -0.39 is 6.04 Å². The summed E-state index contributed by atoms with van der Waals surface area (Å²) in [6.45, 7) is 4.53. The zero-order valence-electron chi connectivity index (χ0n) is 15.5. The van der Waals surface area contributed by atoms with Crippen LogP contribution >= 0.6 is 23.2 Å². The van der Waals surface area contributed by atoms with E-state index in [0.29, 0.717) is 16.6 Å². The van der Waals surface area contributed by atoms with Gasteiger partial charge in [0.1, 0.15) is 6.04 Å². The van der Waals surface area contributed by atoms with Crippen molar-refractivity contribution in [1.29, 1.82) is 0 Å². The van der Waals surface area contributed by atoms with Crippen LogP contribution in [0.5, 0.6) is 0 Å². The number of rotatable bonds is 8. The van der Waals surface area contributed by atoms with E-state index in [9.17, 15) is 9.59 Å². The number of carbonyl (C=O) groups is 2. The Morgan fingerprint density at radius 1 is 1.11 bits per heavy atom. The van der Waals surface area contributed by atoms with Gasteiger partial charge >= 0.3 is 0 Å². The van der Waals surface area contributed by atoms with Gasteiger partial charge in [0.05, 0.1) is 6.42 Å². The smallest absolute Gasteiger partial charge is 0.242 e. The molecule has 2 aromatic rings. The third-order valence-electron chi connectivity index (χ3n) is 4.27. The molecule has 2 rings (SSSR count). The molecule has 0 fully saturated rings. The van der Waals surface area contributed by atoms with Crippen LogP contribution in [0.1, 0.15) is 31.4 Å². The van der Waals surface area contributed by atoms with Crippen molar-refractivity contribution >= 4 is 35.0 Å². The number of halogens is 2. The molecule has 0 heterocycles. The largest absolute Gasteiger partial charge is 0.354 e. The molecule has 6 heteroatoms. The minimum atomic E-state index is -0.612. The van der Waals surface area contributed by atoms with Gasteiger partial charge in [-0.1, -0.05) is 66.5 Å². The van der Waals surface area contributed by atoms with E-state index in [1.807, 2.05) is 37.3 Å². The van der Waals surface area contributed by atoms with Crippen molar-refractivity contribution in [3.05, 3.63) is 69.7 Å². The SMILES string of the molecule is CCCNC(=O)[C@H](C)N(Cc1ccc(Cl)cc1Cl)C(=O)Cc1ccccc1. The molecule has 0 saturated heterocycles. The number of hydrogen-bond acceptors (Lipinski definition) is 2. The van der Waals surface area contributed by atoms with E-state index in [-0.39, 0.29) is 24.8 Å². The molecule has 0 spiro atoms. The van der Waals surface area contributed by atoms with Gasteiger partial charge in [-0.2, -0.15) is 0 Å². The normalized spacial score (nSPS) is 11.7. The summed E-state index contributed by atoms with van der Waals surface area (Å²) in [6.07, 6.45) is 1.05. The summed E-state index contributed by atoms with van der Waals surface area (Å²) in [5.41, 5.74) is 1.65. The first-order valence-corrected chi connectivity index (χ1v) is 9.73. The van der Waals surface area contributed by atoms with Crippen molar-refractivity contribution in [2.75, 3.05) is 6.54 Å². The molecule has 0 radical (unpaired) electrons. The summed E-state index contributed by atoms with van der Waals surface area (Å²) in [5.74, 6) is -0.310. The Hall–Kier alpha value is -2.04. The molecule has 0 bridgehead atoms. The third-order valence-corrected chi connectivity index (χ3v) is 4.86. The molecule has 0 aliphatic heterocycles. The highest BCUT2D eigenvalue weighted by atomic mass is 35.5. The number of amides is 2. The van der Waals surface area contributed by atoms with Crippen LogP contribution in [0.4, 0.5) is 0 Å². The Labute approximate surface area is 170 Å². The predicted molar refractivity (Wildman–Crippen MR) is 110 cm³/mol. The topological polar surface area (TPSA) is 49.4 Å². The van der Waals surface area contributed by atoms with Crippen LogP contribution in [-0.4, -0.2) is 29.3 Å². The van der Waals surface area contributed by atoms with E-state index in [1.54, 1.807) is 30.0 Å². The van der Waals surface area contributed by atoms with Crippen LogP contribution in [-0.2, 0) is 22.6 Å². The van der Waals surface area contributed by atoms with Gasteiger partial charge in [0.2, 0.25) is 11.8 Å².